The highest BCUT2D eigenvalue weighted by molar-refractivity contribution is 5.27. The van der Waals surface area contributed by atoms with Gasteiger partial charge >= 0.3 is 0 Å². The first-order chi connectivity index (χ1) is 7.85. The van der Waals surface area contributed by atoms with E-state index in [-0.39, 0.29) is 5.60 Å². The van der Waals surface area contributed by atoms with Crippen LogP contribution < -0.4 is 0 Å². The van der Waals surface area contributed by atoms with Gasteiger partial charge in [-0.25, -0.2) is 0 Å². The van der Waals surface area contributed by atoms with Crippen molar-refractivity contribution in [2.24, 2.45) is 11.8 Å². The quantitative estimate of drug-likeness (QED) is 0.694. The molecule has 0 aromatic heterocycles. The molecule has 3 unspecified atom stereocenters. The van der Waals surface area contributed by atoms with Crippen LogP contribution >= 0.6 is 0 Å². The molecule has 1 nitrogen and oxygen atoms in total. The first-order valence-corrected chi connectivity index (χ1v) is 6.19. The van der Waals surface area contributed by atoms with Gasteiger partial charge < -0.3 is 4.74 Å². The Labute approximate surface area is 97.1 Å². The number of hydrogen-bond acceptors (Lipinski definition) is 1. The van der Waals surface area contributed by atoms with Crippen molar-refractivity contribution in [1.82, 2.24) is 0 Å². The van der Waals surface area contributed by atoms with Crippen molar-refractivity contribution in [3.63, 3.8) is 0 Å². The van der Waals surface area contributed by atoms with Crippen molar-refractivity contribution in [2.75, 3.05) is 0 Å². The molecule has 3 atom stereocenters. The first kappa shape index (κ1) is 9.95. The van der Waals surface area contributed by atoms with Crippen LogP contribution in [-0.4, -0.2) is 0 Å². The third-order valence-corrected chi connectivity index (χ3v) is 4.35. The number of fused-ring (bicyclic) bond motifs is 2. The fourth-order valence-electron chi connectivity index (χ4n) is 3.71. The predicted octanol–water partition coefficient (Wildman–Crippen LogP) is 3.86. The molecule has 1 aromatic rings. The summed E-state index contributed by atoms with van der Waals surface area (Å²) >= 11 is 0. The monoisotopic (exact) mass is 214 g/mol. The zero-order chi connectivity index (χ0) is 11.0. The average molecular weight is 214 g/mol. The lowest BCUT2D eigenvalue weighted by Crippen LogP contribution is -2.34. The summed E-state index contributed by atoms with van der Waals surface area (Å²) in [6, 6.07) is 10.7. The van der Waals surface area contributed by atoms with Crippen LogP contribution in [0.1, 0.15) is 31.2 Å². The van der Waals surface area contributed by atoms with Gasteiger partial charge in [-0.05, 0) is 37.2 Å². The molecule has 0 heterocycles. The fourth-order valence-corrected chi connectivity index (χ4v) is 3.71. The summed E-state index contributed by atoms with van der Waals surface area (Å²) in [6.07, 6.45) is 6.84. The van der Waals surface area contributed by atoms with Crippen LogP contribution in [0.5, 0.6) is 0 Å². The van der Waals surface area contributed by atoms with Crippen LogP contribution in [-0.2, 0) is 10.3 Å². The maximum absolute atomic E-state index is 5.97. The topological polar surface area (TPSA) is 9.23 Å². The zero-order valence-electron chi connectivity index (χ0n) is 9.56. The SMILES string of the molecule is C=COC1(c2ccccc2)CC2CCC1C2. The Balaban J connectivity index is 2.01. The molecule has 84 valence electrons. The Morgan fingerprint density at radius 1 is 1.25 bits per heavy atom. The lowest BCUT2D eigenvalue weighted by atomic mass is 9.78. The van der Waals surface area contributed by atoms with Gasteiger partial charge in [0.1, 0.15) is 5.60 Å². The zero-order valence-corrected chi connectivity index (χ0v) is 9.56. The third-order valence-electron chi connectivity index (χ3n) is 4.35. The van der Waals surface area contributed by atoms with Crippen LogP contribution in [0.4, 0.5) is 0 Å². The summed E-state index contributed by atoms with van der Waals surface area (Å²) in [5.41, 5.74) is 1.27. The Bertz CT molecular complexity index is 384. The van der Waals surface area contributed by atoms with Crippen molar-refractivity contribution in [2.45, 2.75) is 31.3 Å². The largest absolute Gasteiger partial charge is 0.491 e. The van der Waals surface area contributed by atoms with E-state index in [0.29, 0.717) is 5.92 Å². The van der Waals surface area contributed by atoms with Gasteiger partial charge in [-0.3, -0.25) is 0 Å². The minimum Gasteiger partial charge on any atom is -0.491 e. The molecule has 3 rings (SSSR count). The fraction of sp³-hybridized carbons (Fsp3) is 0.467. The van der Waals surface area contributed by atoms with E-state index in [1.165, 1.54) is 31.2 Å². The maximum atomic E-state index is 5.97. The van der Waals surface area contributed by atoms with Gasteiger partial charge in [-0.1, -0.05) is 36.9 Å². The van der Waals surface area contributed by atoms with Gasteiger partial charge in [-0.2, -0.15) is 0 Å². The van der Waals surface area contributed by atoms with Crippen molar-refractivity contribution < 1.29 is 4.74 Å². The molecule has 2 fully saturated rings. The summed E-state index contributed by atoms with van der Waals surface area (Å²) in [5, 5.41) is 0. The molecule has 0 amide bonds. The van der Waals surface area contributed by atoms with Crippen LogP contribution in [0.15, 0.2) is 43.2 Å². The van der Waals surface area contributed by atoms with Gasteiger partial charge in [0, 0.05) is 5.92 Å². The van der Waals surface area contributed by atoms with Crippen molar-refractivity contribution >= 4 is 0 Å². The van der Waals surface area contributed by atoms with E-state index in [9.17, 15) is 0 Å². The standard InChI is InChI=1S/C15H18O/c1-2-16-15(13-6-4-3-5-7-13)11-12-8-9-14(15)10-12/h2-7,12,14H,1,8-11H2. The molecule has 2 saturated carbocycles. The molecule has 0 radical (unpaired) electrons. The van der Waals surface area contributed by atoms with E-state index in [4.69, 9.17) is 4.74 Å². The summed E-state index contributed by atoms with van der Waals surface area (Å²) in [7, 11) is 0. The third kappa shape index (κ3) is 1.31. The highest BCUT2D eigenvalue weighted by atomic mass is 16.5. The second kappa shape index (κ2) is 3.65. The van der Waals surface area contributed by atoms with Gasteiger partial charge in [0.25, 0.3) is 0 Å². The average Bonchev–Trinajstić information content (AvgIpc) is 2.91. The second-order valence-corrected chi connectivity index (χ2v) is 5.12. The predicted molar refractivity (Wildman–Crippen MR) is 64.9 cm³/mol. The van der Waals surface area contributed by atoms with E-state index >= 15 is 0 Å². The molecule has 0 N–H and O–H groups in total. The Morgan fingerprint density at radius 2 is 2.06 bits per heavy atom. The molecule has 2 bridgehead atoms. The number of benzene rings is 1. The Hall–Kier alpha value is -1.24. The van der Waals surface area contributed by atoms with Gasteiger partial charge in [0.15, 0.2) is 0 Å². The van der Waals surface area contributed by atoms with E-state index in [2.05, 4.69) is 36.9 Å². The van der Waals surface area contributed by atoms with Crippen molar-refractivity contribution in [3.05, 3.63) is 48.7 Å². The lowest BCUT2D eigenvalue weighted by molar-refractivity contribution is -0.0320. The van der Waals surface area contributed by atoms with Gasteiger partial charge in [0.2, 0.25) is 0 Å². The molecule has 1 heteroatoms. The van der Waals surface area contributed by atoms with Crippen LogP contribution in [0.25, 0.3) is 0 Å². The van der Waals surface area contributed by atoms with Crippen molar-refractivity contribution in [1.29, 1.82) is 0 Å². The lowest BCUT2D eigenvalue weighted by Gasteiger charge is -2.37. The molecular weight excluding hydrogens is 196 g/mol. The normalized spacial score (nSPS) is 36.2. The van der Waals surface area contributed by atoms with Crippen LogP contribution in [0.2, 0.25) is 0 Å². The first-order valence-electron chi connectivity index (χ1n) is 6.19. The minimum atomic E-state index is -0.0636. The highest BCUT2D eigenvalue weighted by Gasteiger charge is 2.53. The summed E-state index contributed by atoms with van der Waals surface area (Å²) in [6.45, 7) is 3.76. The molecule has 0 spiro atoms. The second-order valence-electron chi connectivity index (χ2n) is 5.12. The van der Waals surface area contributed by atoms with Gasteiger partial charge in [0.05, 0.1) is 6.26 Å². The molecule has 16 heavy (non-hydrogen) atoms. The van der Waals surface area contributed by atoms with Crippen LogP contribution in [0, 0.1) is 11.8 Å². The summed E-state index contributed by atoms with van der Waals surface area (Å²) in [4.78, 5) is 0. The maximum Gasteiger partial charge on any atom is 0.136 e. The smallest absolute Gasteiger partial charge is 0.136 e. The molecule has 0 aliphatic heterocycles. The van der Waals surface area contributed by atoms with Crippen LogP contribution in [0.3, 0.4) is 0 Å². The van der Waals surface area contributed by atoms with Crippen molar-refractivity contribution in [3.8, 4) is 0 Å². The van der Waals surface area contributed by atoms with E-state index in [1.807, 2.05) is 0 Å². The Morgan fingerprint density at radius 3 is 2.62 bits per heavy atom. The minimum absolute atomic E-state index is 0.0636. The summed E-state index contributed by atoms with van der Waals surface area (Å²) < 4.78 is 5.97. The highest BCUT2D eigenvalue weighted by Crippen LogP contribution is 2.57. The van der Waals surface area contributed by atoms with E-state index < -0.39 is 0 Å². The number of hydrogen-bond donors (Lipinski definition) is 0. The molecule has 2 aliphatic rings. The molecule has 0 saturated heterocycles. The molecular formula is C15H18O. The van der Waals surface area contributed by atoms with Gasteiger partial charge in [-0.15, -0.1) is 0 Å². The summed E-state index contributed by atoms with van der Waals surface area (Å²) in [5.74, 6) is 1.56. The Kier molecular flexibility index (Phi) is 2.27. The van der Waals surface area contributed by atoms with E-state index in [0.717, 1.165) is 5.92 Å². The number of rotatable bonds is 3. The molecule has 1 aromatic carbocycles. The molecule has 2 aliphatic carbocycles. The van der Waals surface area contributed by atoms with E-state index in [1.54, 1.807) is 6.26 Å². The number of ether oxygens (including phenoxy) is 1.